The molecule has 0 unspecified atom stereocenters. The van der Waals surface area contributed by atoms with Crippen LogP contribution < -0.4 is 10.7 Å². The van der Waals surface area contributed by atoms with Crippen LogP contribution in [0.1, 0.15) is 12.6 Å². The minimum atomic E-state index is 0.363. The molecule has 6 nitrogen and oxygen atoms in total. The predicted octanol–water partition coefficient (Wildman–Crippen LogP) is 1.58. The number of thiocarbonyl (C=S) groups is 1. The van der Waals surface area contributed by atoms with Gasteiger partial charge in [0.05, 0.1) is 11.9 Å². The molecule has 2 N–H and O–H groups in total. The first-order chi connectivity index (χ1) is 9.25. The summed E-state index contributed by atoms with van der Waals surface area (Å²) in [6.07, 6.45) is 6.53. The Morgan fingerprint density at radius 1 is 1.21 bits per heavy atom. The van der Waals surface area contributed by atoms with Gasteiger partial charge in [-0.15, -0.1) is 0 Å². The van der Waals surface area contributed by atoms with Gasteiger partial charge >= 0.3 is 0 Å². The first-order valence-electron chi connectivity index (χ1n) is 5.54. The zero-order valence-corrected chi connectivity index (χ0v) is 11.1. The maximum Gasteiger partial charge on any atom is 0.192 e. The number of nitrogens with zero attached hydrogens (tertiary/aromatic N) is 4. The highest BCUT2D eigenvalue weighted by Crippen LogP contribution is 1.99. The standard InChI is InChI=1S/C12H12N6S/c1-9(10-8-13-6-7-14-10)17-18-12(19)16-11-4-2-3-5-15-11/h2-8H,1H3,(H2,15,16,18,19)/b17-9+. The summed E-state index contributed by atoms with van der Waals surface area (Å²) in [6, 6.07) is 5.51. The third kappa shape index (κ3) is 4.07. The van der Waals surface area contributed by atoms with Gasteiger partial charge in [-0.2, -0.15) is 5.10 Å². The van der Waals surface area contributed by atoms with E-state index in [2.05, 4.69) is 30.8 Å². The first kappa shape index (κ1) is 13.0. The molecule has 0 atom stereocenters. The number of hydrogen-bond acceptors (Lipinski definition) is 5. The monoisotopic (exact) mass is 272 g/mol. The van der Waals surface area contributed by atoms with Crippen molar-refractivity contribution in [2.75, 3.05) is 5.32 Å². The van der Waals surface area contributed by atoms with E-state index in [-0.39, 0.29) is 0 Å². The molecule has 0 spiro atoms. The van der Waals surface area contributed by atoms with Crippen LogP contribution in [-0.4, -0.2) is 25.8 Å². The summed E-state index contributed by atoms with van der Waals surface area (Å²) in [5.74, 6) is 0.660. The van der Waals surface area contributed by atoms with E-state index in [1.165, 1.54) is 0 Å². The second-order valence-electron chi connectivity index (χ2n) is 3.57. The molecular weight excluding hydrogens is 260 g/mol. The average Bonchev–Trinajstić information content (AvgIpc) is 2.47. The van der Waals surface area contributed by atoms with Gasteiger partial charge in [-0.3, -0.25) is 15.4 Å². The topological polar surface area (TPSA) is 75.1 Å². The van der Waals surface area contributed by atoms with Gasteiger partial charge in [0.2, 0.25) is 0 Å². The molecule has 2 aromatic heterocycles. The van der Waals surface area contributed by atoms with Crippen LogP contribution in [0.2, 0.25) is 0 Å². The van der Waals surface area contributed by atoms with Crippen LogP contribution >= 0.6 is 12.2 Å². The van der Waals surface area contributed by atoms with E-state index < -0.39 is 0 Å². The average molecular weight is 272 g/mol. The molecule has 0 aliphatic rings. The molecule has 0 amide bonds. The molecule has 0 aromatic carbocycles. The van der Waals surface area contributed by atoms with Gasteiger partial charge in [-0.05, 0) is 31.3 Å². The second kappa shape index (κ2) is 6.50. The minimum Gasteiger partial charge on any atom is -0.316 e. The van der Waals surface area contributed by atoms with Crippen LogP contribution in [0.4, 0.5) is 5.82 Å². The Labute approximate surface area is 116 Å². The lowest BCUT2D eigenvalue weighted by atomic mass is 10.3. The zero-order chi connectivity index (χ0) is 13.5. The van der Waals surface area contributed by atoms with Crippen LogP contribution in [0.3, 0.4) is 0 Å². The van der Waals surface area contributed by atoms with Crippen molar-refractivity contribution in [2.24, 2.45) is 5.10 Å². The Kier molecular flexibility index (Phi) is 4.46. The first-order valence-corrected chi connectivity index (χ1v) is 5.95. The maximum absolute atomic E-state index is 5.10. The fourth-order valence-corrected chi connectivity index (χ4v) is 1.41. The fourth-order valence-electron chi connectivity index (χ4n) is 1.26. The summed E-state index contributed by atoms with van der Waals surface area (Å²) in [6.45, 7) is 1.82. The maximum atomic E-state index is 5.10. The summed E-state index contributed by atoms with van der Waals surface area (Å²) in [5.41, 5.74) is 4.11. The van der Waals surface area contributed by atoms with E-state index in [1.54, 1.807) is 24.8 Å². The predicted molar refractivity (Wildman–Crippen MR) is 77.8 cm³/mol. The van der Waals surface area contributed by atoms with Crippen LogP contribution in [0.25, 0.3) is 0 Å². The molecule has 0 saturated carbocycles. The molecule has 96 valence electrons. The van der Waals surface area contributed by atoms with E-state index >= 15 is 0 Å². The normalized spacial score (nSPS) is 10.9. The zero-order valence-electron chi connectivity index (χ0n) is 10.2. The van der Waals surface area contributed by atoms with E-state index in [1.807, 2.05) is 25.1 Å². The molecule has 2 aromatic rings. The van der Waals surface area contributed by atoms with Crippen LogP contribution in [0.5, 0.6) is 0 Å². The number of hydrazone groups is 1. The molecule has 2 rings (SSSR count). The summed E-state index contributed by atoms with van der Waals surface area (Å²) in [5, 5.41) is 7.40. The number of pyridine rings is 1. The summed E-state index contributed by atoms with van der Waals surface area (Å²) < 4.78 is 0. The molecule has 19 heavy (non-hydrogen) atoms. The Morgan fingerprint density at radius 2 is 2.11 bits per heavy atom. The lowest BCUT2D eigenvalue weighted by molar-refractivity contribution is 1.03. The van der Waals surface area contributed by atoms with Gasteiger partial charge in [0.25, 0.3) is 0 Å². The van der Waals surface area contributed by atoms with Gasteiger partial charge in [-0.1, -0.05) is 6.07 Å². The molecule has 0 aliphatic carbocycles. The third-order valence-electron chi connectivity index (χ3n) is 2.17. The number of rotatable bonds is 3. The van der Waals surface area contributed by atoms with Gasteiger partial charge in [0, 0.05) is 18.6 Å². The highest BCUT2D eigenvalue weighted by Gasteiger charge is 2.00. The Hall–Kier alpha value is -2.41. The van der Waals surface area contributed by atoms with Crippen molar-refractivity contribution in [1.29, 1.82) is 0 Å². The van der Waals surface area contributed by atoms with Crippen molar-refractivity contribution in [2.45, 2.75) is 6.92 Å². The van der Waals surface area contributed by atoms with E-state index in [9.17, 15) is 0 Å². The minimum absolute atomic E-state index is 0.363. The van der Waals surface area contributed by atoms with Crippen LogP contribution in [0.15, 0.2) is 48.1 Å². The van der Waals surface area contributed by atoms with E-state index in [0.29, 0.717) is 22.3 Å². The van der Waals surface area contributed by atoms with Crippen molar-refractivity contribution >= 4 is 28.9 Å². The van der Waals surface area contributed by atoms with E-state index in [4.69, 9.17) is 12.2 Å². The lowest BCUT2D eigenvalue weighted by Gasteiger charge is -2.06. The third-order valence-corrected chi connectivity index (χ3v) is 2.36. The largest absolute Gasteiger partial charge is 0.316 e. The van der Waals surface area contributed by atoms with Crippen LogP contribution in [0, 0.1) is 0 Å². The van der Waals surface area contributed by atoms with Gasteiger partial charge in [-0.25, -0.2) is 4.98 Å². The second-order valence-corrected chi connectivity index (χ2v) is 3.98. The number of nitrogens with one attached hydrogen (secondary N) is 2. The SMILES string of the molecule is C/C(=N\NC(=S)Nc1ccccn1)c1cnccn1. The molecular formula is C12H12N6S. The molecule has 2 heterocycles. The lowest BCUT2D eigenvalue weighted by Crippen LogP contribution is -2.25. The summed E-state index contributed by atoms with van der Waals surface area (Å²) in [4.78, 5) is 12.2. The summed E-state index contributed by atoms with van der Waals surface area (Å²) >= 11 is 5.10. The van der Waals surface area contributed by atoms with Gasteiger partial charge in [0.15, 0.2) is 5.11 Å². The molecule has 0 bridgehead atoms. The number of hydrogen-bond donors (Lipinski definition) is 2. The molecule has 0 fully saturated rings. The Balaban J connectivity index is 1.93. The van der Waals surface area contributed by atoms with Crippen molar-refractivity contribution in [1.82, 2.24) is 20.4 Å². The Bertz CT molecular complexity index is 569. The molecule has 0 saturated heterocycles. The quantitative estimate of drug-likeness (QED) is 0.502. The summed E-state index contributed by atoms with van der Waals surface area (Å²) in [7, 11) is 0. The molecule has 0 radical (unpaired) electrons. The number of anilines is 1. The molecule has 7 heteroatoms. The van der Waals surface area contributed by atoms with Crippen molar-refractivity contribution in [3.63, 3.8) is 0 Å². The number of aromatic nitrogens is 3. The highest BCUT2D eigenvalue weighted by molar-refractivity contribution is 7.80. The van der Waals surface area contributed by atoms with Gasteiger partial charge < -0.3 is 5.32 Å². The van der Waals surface area contributed by atoms with E-state index in [0.717, 1.165) is 0 Å². The smallest absolute Gasteiger partial charge is 0.192 e. The van der Waals surface area contributed by atoms with Crippen molar-refractivity contribution < 1.29 is 0 Å². The van der Waals surface area contributed by atoms with Crippen molar-refractivity contribution in [3.8, 4) is 0 Å². The molecule has 0 aliphatic heterocycles. The Morgan fingerprint density at radius 3 is 2.79 bits per heavy atom. The highest BCUT2D eigenvalue weighted by atomic mass is 32.1. The fraction of sp³-hybridized carbons (Fsp3) is 0.0833. The van der Waals surface area contributed by atoms with Crippen LogP contribution in [-0.2, 0) is 0 Å². The van der Waals surface area contributed by atoms with Crippen molar-refractivity contribution in [3.05, 3.63) is 48.7 Å². The van der Waals surface area contributed by atoms with Gasteiger partial charge in [0.1, 0.15) is 11.5 Å².